The Bertz CT molecular complexity index is 637. The number of thiazole rings is 1. The molecular formula is C15H19N3OS. The lowest BCUT2D eigenvalue weighted by Crippen LogP contribution is -2.47. The smallest absolute Gasteiger partial charge is 0.217 e. The number of hydrogen-bond donors (Lipinski definition) is 1. The molecule has 3 rings (SSSR count). The molecule has 0 aliphatic carbocycles. The highest BCUT2D eigenvalue weighted by atomic mass is 32.1. The topological polar surface area (TPSA) is 45.2 Å². The highest BCUT2D eigenvalue weighted by molar-refractivity contribution is 7.22. The first-order valence-electron chi connectivity index (χ1n) is 7.01. The van der Waals surface area contributed by atoms with Crippen molar-refractivity contribution < 1.29 is 4.79 Å². The third kappa shape index (κ3) is 2.77. The van der Waals surface area contributed by atoms with Crippen LogP contribution in [0.15, 0.2) is 18.2 Å². The molecule has 1 amide bonds. The summed E-state index contributed by atoms with van der Waals surface area (Å²) in [6.45, 7) is 5.57. The van der Waals surface area contributed by atoms with Gasteiger partial charge in [0.2, 0.25) is 5.91 Å². The lowest BCUT2D eigenvalue weighted by atomic mass is 10.1. The van der Waals surface area contributed by atoms with Gasteiger partial charge in [0, 0.05) is 26.1 Å². The zero-order valence-electron chi connectivity index (χ0n) is 11.8. The first kappa shape index (κ1) is 13.4. The normalized spacial score (nSPS) is 19.3. The molecule has 1 atom stereocenters. The number of piperidine rings is 1. The summed E-state index contributed by atoms with van der Waals surface area (Å²) in [5.74, 6) is 0.0526. The number of hydrogen-bond acceptors (Lipinski definition) is 4. The van der Waals surface area contributed by atoms with Crippen LogP contribution in [0.5, 0.6) is 0 Å². The number of rotatable bonds is 2. The van der Waals surface area contributed by atoms with Crippen LogP contribution in [0.4, 0.5) is 5.13 Å². The number of aromatic nitrogens is 1. The van der Waals surface area contributed by atoms with Crippen LogP contribution >= 0.6 is 11.3 Å². The molecule has 1 unspecified atom stereocenters. The Morgan fingerprint density at radius 3 is 3.15 bits per heavy atom. The molecule has 4 nitrogen and oxygen atoms in total. The number of nitrogens with zero attached hydrogens (tertiary/aromatic N) is 2. The summed E-state index contributed by atoms with van der Waals surface area (Å²) in [6, 6.07) is 6.61. The van der Waals surface area contributed by atoms with Gasteiger partial charge in [0.15, 0.2) is 5.13 Å². The van der Waals surface area contributed by atoms with Crippen LogP contribution < -0.4 is 10.2 Å². The monoisotopic (exact) mass is 289 g/mol. The molecule has 1 N–H and O–H groups in total. The third-order valence-corrected chi connectivity index (χ3v) is 4.71. The number of aryl methyl sites for hydroxylation is 1. The summed E-state index contributed by atoms with van der Waals surface area (Å²) in [7, 11) is 0. The molecular weight excluding hydrogens is 270 g/mol. The average Bonchev–Trinajstić information content (AvgIpc) is 2.81. The van der Waals surface area contributed by atoms with Crippen molar-refractivity contribution in [2.24, 2.45) is 0 Å². The van der Waals surface area contributed by atoms with Crippen LogP contribution in [0.2, 0.25) is 0 Å². The largest absolute Gasteiger partial charge is 0.352 e. The molecule has 5 heteroatoms. The second-order valence-corrected chi connectivity index (χ2v) is 6.46. The molecule has 20 heavy (non-hydrogen) atoms. The van der Waals surface area contributed by atoms with E-state index >= 15 is 0 Å². The SMILES string of the molecule is CC(=O)NC1CCCN(c2nc3ccc(C)cc3s2)C1. The summed E-state index contributed by atoms with van der Waals surface area (Å²) >= 11 is 1.74. The van der Waals surface area contributed by atoms with Crippen molar-refractivity contribution >= 4 is 32.6 Å². The van der Waals surface area contributed by atoms with E-state index in [4.69, 9.17) is 4.98 Å². The Hall–Kier alpha value is -1.62. The maximum Gasteiger partial charge on any atom is 0.217 e. The molecule has 1 aromatic carbocycles. The minimum atomic E-state index is 0.0526. The predicted molar refractivity (Wildman–Crippen MR) is 83.4 cm³/mol. The van der Waals surface area contributed by atoms with Gasteiger partial charge < -0.3 is 10.2 Å². The van der Waals surface area contributed by atoms with Gasteiger partial charge in [-0.1, -0.05) is 17.4 Å². The molecule has 0 saturated carbocycles. The number of benzene rings is 1. The van der Waals surface area contributed by atoms with Crippen molar-refractivity contribution in [1.82, 2.24) is 10.3 Å². The minimum Gasteiger partial charge on any atom is -0.352 e. The fourth-order valence-electron chi connectivity index (χ4n) is 2.71. The number of nitrogens with one attached hydrogen (secondary N) is 1. The molecule has 1 saturated heterocycles. The lowest BCUT2D eigenvalue weighted by Gasteiger charge is -2.32. The Kier molecular flexibility index (Phi) is 3.61. The number of carbonyl (C=O) groups excluding carboxylic acids is 1. The average molecular weight is 289 g/mol. The van der Waals surface area contributed by atoms with E-state index in [1.807, 2.05) is 0 Å². The van der Waals surface area contributed by atoms with E-state index in [-0.39, 0.29) is 11.9 Å². The second kappa shape index (κ2) is 5.40. The maximum absolute atomic E-state index is 11.2. The molecule has 1 aromatic heterocycles. The Balaban J connectivity index is 1.81. The Labute approximate surface area is 122 Å². The van der Waals surface area contributed by atoms with Gasteiger partial charge in [-0.3, -0.25) is 4.79 Å². The molecule has 2 aromatic rings. The number of carbonyl (C=O) groups is 1. The van der Waals surface area contributed by atoms with Gasteiger partial charge in [-0.2, -0.15) is 0 Å². The molecule has 1 aliphatic rings. The lowest BCUT2D eigenvalue weighted by molar-refractivity contribution is -0.119. The fourth-order valence-corrected chi connectivity index (χ4v) is 3.81. The van der Waals surface area contributed by atoms with Crippen molar-refractivity contribution in [3.05, 3.63) is 23.8 Å². The second-order valence-electron chi connectivity index (χ2n) is 5.45. The van der Waals surface area contributed by atoms with E-state index in [0.717, 1.165) is 36.6 Å². The van der Waals surface area contributed by atoms with Crippen LogP contribution in [0.1, 0.15) is 25.3 Å². The Morgan fingerprint density at radius 1 is 1.50 bits per heavy atom. The molecule has 0 bridgehead atoms. The number of amides is 1. The van der Waals surface area contributed by atoms with E-state index in [1.165, 1.54) is 10.3 Å². The summed E-state index contributed by atoms with van der Waals surface area (Å²) in [5, 5.41) is 4.09. The molecule has 0 radical (unpaired) electrons. The summed E-state index contributed by atoms with van der Waals surface area (Å²) in [5.41, 5.74) is 2.33. The van der Waals surface area contributed by atoms with Crippen LogP contribution in [-0.4, -0.2) is 30.0 Å². The zero-order chi connectivity index (χ0) is 14.1. The standard InChI is InChI=1S/C15H19N3OS/c1-10-5-6-13-14(8-10)20-15(17-13)18-7-3-4-12(9-18)16-11(2)19/h5-6,8,12H,3-4,7,9H2,1-2H3,(H,16,19). The van der Waals surface area contributed by atoms with Crippen LogP contribution in [0.3, 0.4) is 0 Å². The van der Waals surface area contributed by atoms with Crippen LogP contribution in [0, 0.1) is 6.92 Å². The van der Waals surface area contributed by atoms with E-state index in [1.54, 1.807) is 18.3 Å². The van der Waals surface area contributed by atoms with E-state index < -0.39 is 0 Å². The van der Waals surface area contributed by atoms with Gasteiger partial charge in [0.05, 0.1) is 10.2 Å². The first-order chi connectivity index (χ1) is 9.61. The van der Waals surface area contributed by atoms with Gasteiger partial charge in [0.1, 0.15) is 0 Å². The van der Waals surface area contributed by atoms with Crippen LogP contribution in [0.25, 0.3) is 10.2 Å². The minimum absolute atomic E-state index is 0.0526. The first-order valence-corrected chi connectivity index (χ1v) is 7.83. The maximum atomic E-state index is 11.2. The van der Waals surface area contributed by atoms with Crippen molar-refractivity contribution in [2.75, 3.05) is 18.0 Å². The summed E-state index contributed by atoms with van der Waals surface area (Å²) in [6.07, 6.45) is 2.15. The molecule has 106 valence electrons. The van der Waals surface area contributed by atoms with Gasteiger partial charge in [-0.05, 0) is 37.5 Å². The van der Waals surface area contributed by atoms with Gasteiger partial charge in [0.25, 0.3) is 0 Å². The molecule has 0 spiro atoms. The summed E-state index contributed by atoms with van der Waals surface area (Å²) in [4.78, 5) is 18.2. The predicted octanol–water partition coefficient (Wildman–Crippen LogP) is 2.71. The Morgan fingerprint density at radius 2 is 2.35 bits per heavy atom. The van der Waals surface area contributed by atoms with Gasteiger partial charge in [-0.25, -0.2) is 4.98 Å². The number of anilines is 1. The molecule has 1 fully saturated rings. The number of fused-ring (bicyclic) bond motifs is 1. The third-order valence-electron chi connectivity index (χ3n) is 3.63. The fraction of sp³-hybridized carbons (Fsp3) is 0.467. The van der Waals surface area contributed by atoms with Gasteiger partial charge >= 0.3 is 0 Å². The van der Waals surface area contributed by atoms with Crippen molar-refractivity contribution in [3.63, 3.8) is 0 Å². The van der Waals surface area contributed by atoms with Crippen molar-refractivity contribution in [1.29, 1.82) is 0 Å². The van der Waals surface area contributed by atoms with E-state index in [2.05, 4.69) is 35.3 Å². The van der Waals surface area contributed by atoms with E-state index in [0.29, 0.717) is 0 Å². The summed E-state index contributed by atoms with van der Waals surface area (Å²) < 4.78 is 1.24. The van der Waals surface area contributed by atoms with E-state index in [9.17, 15) is 4.79 Å². The quantitative estimate of drug-likeness (QED) is 0.924. The zero-order valence-corrected chi connectivity index (χ0v) is 12.7. The van der Waals surface area contributed by atoms with Crippen LogP contribution in [-0.2, 0) is 4.79 Å². The highest BCUT2D eigenvalue weighted by Gasteiger charge is 2.22. The highest BCUT2D eigenvalue weighted by Crippen LogP contribution is 2.31. The molecule has 1 aliphatic heterocycles. The van der Waals surface area contributed by atoms with Crippen molar-refractivity contribution in [3.8, 4) is 0 Å². The molecule has 2 heterocycles. The van der Waals surface area contributed by atoms with Gasteiger partial charge in [-0.15, -0.1) is 0 Å². The van der Waals surface area contributed by atoms with Crippen molar-refractivity contribution in [2.45, 2.75) is 32.7 Å².